The predicted molar refractivity (Wildman–Crippen MR) is 95.3 cm³/mol. The van der Waals surface area contributed by atoms with Gasteiger partial charge in [0.25, 0.3) is 5.91 Å². The number of rotatable bonds is 3. The van der Waals surface area contributed by atoms with Crippen molar-refractivity contribution in [2.24, 2.45) is 12.8 Å². The molecule has 1 aliphatic heterocycles. The molecule has 1 saturated heterocycles. The lowest BCUT2D eigenvalue weighted by atomic mass is 10.0. The molecule has 3 rings (SSSR count). The van der Waals surface area contributed by atoms with E-state index in [4.69, 9.17) is 5.73 Å². The predicted octanol–water partition coefficient (Wildman–Crippen LogP) is 2.50. The van der Waals surface area contributed by atoms with Crippen LogP contribution in [0.4, 0.5) is 10.5 Å². The number of likely N-dealkylation sites (tertiary alicyclic amines) is 1. The number of aromatic nitrogens is 2. The molecule has 7 nitrogen and oxygen atoms in total. The summed E-state index contributed by atoms with van der Waals surface area (Å²) >= 11 is 0. The number of carbonyl (C=O) groups excluding carboxylic acids is 2. The third-order valence-electron chi connectivity index (χ3n) is 4.81. The fourth-order valence-corrected chi connectivity index (χ4v) is 3.59. The largest absolute Gasteiger partial charge is 0.351 e. The molecule has 2 aromatic rings. The van der Waals surface area contributed by atoms with Gasteiger partial charge in [-0.2, -0.15) is 5.10 Å². The molecule has 7 heteroatoms. The van der Waals surface area contributed by atoms with E-state index in [1.807, 2.05) is 30.5 Å². The number of hydrogen-bond acceptors (Lipinski definition) is 3. The van der Waals surface area contributed by atoms with Crippen LogP contribution in [0.1, 0.15) is 46.2 Å². The minimum absolute atomic E-state index is 0.00391. The monoisotopic (exact) mass is 341 g/mol. The molecule has 3 amide bonds. The van der Waals surface area contributed by atoms with Crippen molar-refractivity contribution >= 4 is 17.6 Å². The van der Waals surface area contributed by atoms with Gasteiger partial charge in [0.05, 0.1) is 11.7 Å². The average molecular weight is 341 g/mol. The maximum atomic E-state index is 13.0. The quantitative estimate of drug-likeness (QED) is 0.898. The van der Waals surface area contributed by atoms with Crippen LogP contribution < -0.4 is 11.1 Å². The van der Waals surface area contributed by atoms with Crippen molar-refractivity contribution in [3.63, 3.8) is 0 Å². The van der Waals surface area contributed by atoms with E-state index in [0.717, 1.165) is 36.3 Å². The van der Waals surface area contributed by atoms with Crippen LogP contribution in [0.3, 0.4) is 0 Å². The van der Waals surface area contributed by atoms with Crippen LogP contribution in [0.15, 0.2) is 24.3 Å². The smallest absolute Gasteiger partial charge is 0.316 e. The molecule has 0 spiro atoms. The lowest BCUT2D eigenvalue weighted by molar-refractivity contribution is 0.0735. The highest BCUT2D eigenvalue weighted by Crippen LogP contribution is 2.36. The van der Waals surface area contributed by atoms with Gasteiger partial charge in [0.15, 0.2) is 0 Å². The van der Waals surface area contributed by atoms with Gasteiger partial charge < -0.3 is 16.0 Å². The zero-order valence-electron chi connectivity index (χ0n) is 14.7. The highest BCUT2D eigenvalue weighted by molar-refractivity contribution is 5.95. The van der Waals surface area contributed by atoms with Gasteiger partial charge in [0, 0.05) is 36.1 Å². The topological polar surface area (TPSA) is 93.2 Å². The number of aryl methyl sites for hydroxylation is 2. The standard InChI is InChI=1S/C18H23N5O2/c1-11-16(12(2)22(3)21-11)15-5-4-10-23(15)17(24)13-6-8-14(9-7-13)20-18(19)25/h6-9,15H,4-5,10H2,1-3H3,(H3,19,20,25). The van der Waals surface area contributed by atoms with E-state index < -0.39 is 6.03 Å². The number of nitrogens with one attached hydrogen (secondary N) is 1. The van der Waals surface area contributed by atoms with Crippen LogP contribution >= 0.6 is 0 Å². The first-order valence-electron chi connectivity index (χ1n) is 8.36. The maximum Gasteiger partial charge on any atom is 0.316 e. The van der Waals surface area contributed by atoms with Crippen LogP contribution in [-0.4, -0.2) is 33.2 Å². The number of primary amides is 1. The van der Waals surface area contributed by atoms with Crippen molar-refractivity contribution in [1.29, 1.82) is 0 Å². The highest BCUT2D eigenvalue weighted by atomic mass is 16.2. The van der Waals surface area contributed by atoms with Gasteiger partial charge in [-0.3, -0.25) is 9.48 Å². The Morgan fingerprint density at radius 2 is 1.92 bits per heavy atom. The van der Waals surface area contributed by atoms with E-state index in [-0.39, 0.29) is 11.9 Å². The van der Waals surface area contributed by atoms with Crippen molar-refractivity contribution in [1.82, 2.24) is 14.7 Å². The molecule has 0 saturated carbocycles. The first-order chi connectivity index (χ1) is 11.9. The molecule has 1 fully saturated rings. The summed E-state index contributed by atoms with van der Waals surface area (Å²) in [5.41, 5.74) is 9.50. The Morgan fingerprint density at radius 3 is 2.48 bits per heavy atom. The Labute approximate surface area is 146 Å². The summed E-state index contributed by atoms with van der Waals surface area (Å²) in [5, 5.41) is 6.98. The van der Waals surface area contributed by atoms with Crippen LogP contribution in [0.2, 0.25) is 0 Å². The lowest BCUT2D eigenvalue weighted by Crippen LogP contribution is -2.31. The van der Waals surface area contributed by atoms with E-state index in [1.54, 1.807) is 24.3 Å². The highest BCUT2D eigenvalue weighted by Gasteiger charge is 2.33. The molecular formula is C18H23N5O2. The number of urea groups is 1. The Bertz CT molecular complexity index is 810. The third kappa shape index (κ3) is 3.22. The first kappa shape index (κ1) is 17.0. The van der Waals surface area contributed by atoms with E-state index in [9.17, 15) is 9.59 Å². The minimum Gasteiger partial charge on any atom is -0.351 e. The molecule has 1 aromatic carbocycles. The summed E-state index contributed by atoms with van der Waals surface area (Å²) < 4.78 is 1.87. The Hall–Kier alpha value is -2.83. The number of nitrogens with two attached hydrogens (primary N) is 1. The lowest BCUT2D eigenvalue weighted by Gasteiger charge is -2.25. The molecule has 1 aliphatic rings. The van der Waals surface area contributed by atoms with Crippen LogP contribution in [0.5, 0.6) is 0 Å². The number of carbonyl (C=O) groups is 2. The molecule has 0 bridgehead atoms. The molecule has 0 radical (unpaired) electrons. The van der Waals surface area contributed by atoms with Crippen molar-refractivity contribution in [3.05, 3.63) is 46.8 Å². The van der Waals surface area contributed by atoms with E-state index in [1.165, 1.54) is 0 Å². The van der Waals surface area contributed by atoms with Gasteiger partial charge in [0.2, 0.25) is 0 Å². The number of anilines is 1. The van der Waals surface area contributed by atoms with Gasteiger partial charge in [0.1, 0.15) is 0 Å². The molecule has 2 heterocycles. The summed E-state index contributed by atoms with van der Waals surface area (Å²) in [6.45, 7) is 4.77. The fraction of sp³-hybridized carbons (Fsp3) is 0.389. The van der Waals surface area contributed by atoms with Crippen LogP contribution in [0, 0.1) is 13.8 Å². The summed E-state index contributed by atoms with van der Waals surface area (Å²) in [5.74, 6) is -0.00391. The summed E-state index contributed by atoms with van der Waals surface area (Å²) in [7, 11) is 1.93. The van der Waals surface area contributed by atoms with Crippen molar-refractivity contribution in [2.45, 2.75) is 32.7 Å². The second kappa shape index (κ2) is 6.58. The summed E-state index contributed by atoms with van der Waals surface area (Å²) in [6, 6.07) is 6.23. The summed E-state index contributed by atoms with van der Waals surface area (Å²) in [6.07, 6.45) is 1.92. The van der Waals surface area contributed by atoms with Crippen molar-refractivity contribution < 1.29 is 9.59 Å². The second-order valence-electron chi connectivity index (χ2n) is 6.43. The number of amides is 3. The molecule has 1 aromatic heterocycles. The van der Waals surface area contributed by atoms with E-state index in [2.05, 4.69) is 10.4 Å². The Morgan fingerprint density at radius 1 is 1.24 bits per heavy atom. The number of hydrogen-bond donors (Lipinski definition) is 2. The van der Waals surface area contributed by atoms with Gasteiger partial charge in [-0.1, -0.05) is 0 Å². The third-order valence-corrected chi connectivity index (χ3v) is 4.81. The van der Waals surface area contributed by atoms with Gasteiger partial charge in [-0.15, -0.1) is 0 Å². The van der Waals surface area contributed by atoms with Gasteiger partial charge >= 0.3 is 6.03 Å². The Balaban J connectivity index is 1.84. The molecule has 3 N–H and O–H groups in total. The van der Waals surface area contributed by atoms with Crippen molar-refractivity contribution in [3.8, 4) is 0 Å². The minimum atomic E-state index is -0.624. The molecule has 25 heavy (non-hydrogen) atoms. The van der Waals surface area contributed by atoms with E-state index in [0.29, 0.717) is 11.3 Å². The molecular weight excluding hydrogens is 318 g/mol. The van der Waals surface area contributed by atoms with Crippen LogP contribution in [-0.2, 0) is 7.05 Å². The number of benzene rings is 1. The first-order valence-corrected chi connectivity index (χ1v) is 8.36. The maximum absolute atomic E-state index is 13.0. The molecule has 0 aliphatic carbocycles. The second-order valence-corrected chi connectivity index (χ2v) is 6.43. The zero-order chi connectivity index (χ0) is 18.1. The fourth-order valence-electron chi connectivity index (χ4n) is 3.59. The molecule has 1 unspecified atom stereocenters. The van der Waals surface area contributed by atoms with Gasteiger partial charge in [-0.25, -0.2) is 4.79 Å². The zero-order valence-corrected chi connectivity index (χ0v) is 14.7. The average Bonchev–Trinajstić information content (AvgIpc) is 3.12. The summed E-state index contributed by atoms with van der Waals surface area (Å²) in [4.78, 5) is 25.8. The molecule has 132 valence electrons. The number of nitrogens with zero attached hydrogens (tertiary/aromatic N) is 3. The normalized spacial score (nSPS) is 16.9. The molecule has 1 atom stereocenters. The van der Waals surface area contributed by atoms with Crippen LogP contribution in [0.25, 0.3) is 0 Å². The SMILES string of the molecule is Cc1nn(C)c(C)c1C1CCCN1C(=O)c1ccc(NC(N)=O)cc1. The van der Waals surface area contributed by atoms with E-state index >= 15 is 0 Å². The van der Waals surface area contributed by atoms with Crippen molar-refractivity contribution in [2.75, 3.05) is 11.9 Å². The Kier molecular flexibility index (Phi) is 4.48. The van der Waals surface area contributed by atoms with Gasteiger partial charge in [-0.05, 0) is 51.0 Å².